The van der Waals surface area contributed by atoms with E-state index >= 15 is 0 Å². The van der Waals surface area contributed by atoms with Crippen molar-refractivity contribution in [3.05, 3.63) is 29.8 Å². The maximum absolute atomic E-state index is 8.95. The zero-order valence-corrected chi connectivity index (χ0v) is 8.51. The van der Waals surface area contributed by atoms with Crippen molar-refractivity contribution in [2.75, 3.05) is 12.8 Å². The van der Waals surface area contributed by atoms with Gasteiger partial charge in [-0.15, -0.1) is 12.4 Å². The lowest BCUT2D eigenvalue weighted by atomic mass is 10.2. The molecule has 0 aliphatic heterocycles. The van der Waals surface area contributed by atoms with Crippen LogP contribution in [0.15, 0.2) is 24.3 Å². The smallest absolute Gasteiger partial charge is 0.292 e. The molecule has 1 aromatic rings. The summed E-state index contributed by atoms with van der Waals surface area (Å²) in [6.45, 7) is 2.40. The molecule has 0 spiro atoms. The number of hydrogen-bond donors (Lipinski definition) is 1. The minimum Gasteiger partial charge on any atom is -0.471 e. The monoisotopic (exact) mass is 203 g/mol. The molecule has 0 aliphatic carbocycles. The van der Waals surface area contributed by atoms with Gasteiger partial charge in [-0.1, -0.05) is 12.1 Å². The number of methoxy groups -OCH3 is 1. The predicted molar refractivity (Wildman–Crippen MR) is 55.9 cm³/mol. The molecule has 0 fully saturated rings. The number of carbonyl (C=O) groups excluding carboxylic acids is 1. The van der Waals surface area contributed by atoms with Crippen LogP contribution in [-0.4, -0.2) is 13.6 Å². The lowest BCUT2D eigenvalue weighted by Gasteiger charge is -1.91. The largest absolute Gasteiger partial charge is 0.471 e. The van der Waals surface area contributed by atoms with Crippen LogP contribution in [0, 0.1) is 6.92 Å². The number of carbonyl (C=O) groups is 1. The van der Waals surface area contributed by atoms with Crippen LogP contribution in [0.25, 0.3) is 0 Å². The van der Waals surface area contributed by atoms with Gasteiger partial charge in [0.15, 0.2) is 0 Å². The number of hydrogen-bond acceptors (Lipinski definition) is 3. The number of aryl methyl sites for hydroxylation is 1. The van der Waals surface area contributed by atoms with Crippen molar-refractivity contribution in [3.8, 4) is 0 Å². The summed E-state index contributed by atoms with van der Waals surface area (Å²) in [5.74, 6) is 0. The highest BCUT2D eigenvalue weighted by Gasteiger charge is 1.81. The summed E-state index contributed by atoms with van der Waals surface area (Å²) in [4.78, 5) is 8.95. The molecule has 1 aromatic carbocycles. The standard InChI is InChI=1S/C7H9N.C2H4O2.ClH/c1-6-3-2-4-7(8)5-6;1-4-2-3;/h2-5H,8H2,1H3;2H,1H3;1H. The summed E-state index contributed by atoms with van der Waals surface area (Å²) in [5.41, 5.74) is 7.51. The van der Waals surface area contributed by atoms with Crippen molar-refractivity contribution in [1.82, 2.24) is 0 Å². The molecule has 3 nitrogen and oxygen atoms in total. The van der Waals surface area contributed by atoms with Gasteiger partial charge < -0.3 is 10.5 Å². The molecule has 0 aliphatic rings. The second-order valence-electron chi connectivity index (χ2n) is 2.25. The molecule has 4 heteroatoms. The van der Waals surface area contributed by atoms with Crippen LogP contribution < -0.4 is 5.73 Å². The van der Waals surface area contributed by atoms with Crippen LogP contribution in [0.2, 0.25) is 0 Å². The average molecular weight is 204 g/mol. The fraction of sp³-hybridized carbons (Fsp3) is 0.222. The van der Waals surface area contributed by atoms with E-state index in [-0.39, 0.29) is 12.4 Å². The minimum atomic E-state index is 0. The van der Waals surface area contributed by atoms with Gasteiger partial charge in [0.1, 0.15) is 0 Å². The van der Waals surface area contributed by atoms with Crippen molar-refractivity contribution in [2.45, 2.75) is 6.92 Å². The lowest BCUT2D eigenvalue weighted by molar-refractivity contribution is -0.126. The van der Waals surface area contributed by atoms with Gasteiger partial charge in [-0.05, 0) is 24.6 Å². The third kappa shape index (κ3) is 8.69. The molecule has 74 valence electrons. The van der Waals surface area contributed by atoms with Crippen LogP contribution in [0.3, 0.4) is 0 Å². The Balaban J connectivity index is 0. The Morgan fingerprint density at radius 3 is 2.23 bits per heavy atom. The van der Waals surface area contributed by atoms with Gasteiger partial charge >= 0.3 is 0 Å². The first-order chi connectivity index (χ1) is 5.70. The van der Waals surface area contributed by atoms with Crippen molar-refractivity contribution in [1.29, 1.82) is 0 Å². The van der Waals surface area contributed by atoms with E-state index < -0.39 is 0 Å². The topological polar surface area (TPSA) is 52.3 Å². The van der Waals surface area contributed by atoms with Crippen LogP contribution in [0.4, 0.5) is 5.69 Å². The number of nitrogens with two attached hydrogens (primary N) is 1. The molecule has 0 unspecified atom stereocenters. The summed E-state index contributed by atoms with van der Waals surface area (Å²) in [5, 5.41) is 0. The summed E-state index contributed by atoms with van der Waals surface area (Å²) in [6.07, 6.45) is 0. The van der Waals surface area contributed by atoms with E-state index in [1.165, 1.54) is 12.7 Å². The van der Waals surface area contributed by atoms with Gasteiger partial charge in [-0.3, -0.25) is 4.79 Å². The minimum absolute atomic E-state index is 0. The Kier molecular flexibility index (Phi) is 9.77. The summed E-state index contributed by atoms with van der Waals surface area (Å²) >= 11 is 0. The molecule has 0 bridgehead atoms. The number of nitrogen functional groups attached to an aromatic ring is 1. The molecule has 0 heterocycles. The number of anilines is 1. The van der Waals surface area contributed by atoms with Crippen molar-refractivity contribution in [3.63, 3.8) is 0 Å². The van der Waals surface area contributed by atoms with Gasteiger partial charge in [-0.25, -0.2) is 0 Å². The quantitative estimate of drug-likeness (QED) is 0.559. The lowest BCUT2D eigenvalue weighted by Crippen LogP contribution is -1.82. The fourth-order valence-electron chi connectivity index (χ4n) is 0.670. The van der Waals surface area contributed by atoms with Crippen LogP contribution in [-0.2, 0) is 9.53 Å². The Labute approximate surface area is 84.3 Å². The van der Waals surface area contributed by atoms with Gasteiger partial charge in [0, 0.05) is 5.69 Å². The molecule has 0 atom stereocenters. The van der Waals surface area contributed by atoms with E-state index in [2.05, 4.69) is 4.74 Å². The van der Waals surface area contributed by atoms with Gasteiger partial charge in [0.05, 0.1) is 7.11 Å². The Morgan fingerprint density at radius 2 is 2.00 bits per heavy atom. The van der Waals surface area contributed by atoms with Gasteiger partial charge in [0.2, 0.25) is 0 Å². The first kappa shape index (κ1) is 14.3. The maximum Gasteiger partial charge on any atom is 0.292 e. The summed E-state index contributed by atoms with van der Waals surface area (Å²) in [7, 11) is 1.31. The second-order valence-corrected chi connectivity index (χ2v) is 2.25. The number of halogens is 1. The molecule has 13 heavy (non-hydrogen) atoms. The van der Waals surface area contributed by atoms with Gasteiger partial charge in [-0.2, -0.15) is 0 Å². The van der Waals surface area contributed by atoms with Crippen LogP contribution >= 0.6 is 12.4 Å². The van der Waals surface area contributed by atoms with E-state index in [0.717, 1.165) is 5.69 Å². The predicted octanol–water partition coefficient (Wildman–Crippen LogP) is 1.79. The van der Waals surface area contributed by atoms with E-state index in [1.54, 1.807) is 0 Å². The van der Waals surface area contributed by atoms with E-state index in [4.69, 9.17) is 10.5 Å². The first-order valence-electron chi connectivity index (χ1n) is 3.49. The molecular formula is C9H14ClNO2. The zero-order valence-electron chi connectivity index (χ0n) is 7.69. The molecule has 0 radical (unpaired) electrons. The van der Waals surface area contributed by atoms with Crippen LogP contribution in [0.1, 0.15) is 5.56 Å². The Hall–Kier alpha value is -1.22. The summed E-state index contributed by atoms with van der Waals surface area (Å²) < 4.78 is 3.86. The molecule has 1 rings (SSSR count). The molecule has 0 saturated carbocycles. The molecule has 0 saturated heterocycles. The second kappa shape index (κ2) is 8.87. The SMILES string of the molecule is COC=O.Cc1cccc(N)c1.Cl. The van der Waals surface area contributed by atoms with Crippen molar-refractivity contribution < 1.29 is 9.53 Å². The zero-order chi connectivity index (χ0) is 9.40. The summed E-state index contributed by atoms with van der Waals surface area (Å²) in [6, 6.07) is 7.80. The number of rotatable bonds is 1. The number of benzene rings is 1. The van der Waals surface area contributed by atoms with Crippen LogP contribution in [0.5, 0.6) is 0 Å². The van der Waals surface area contributed by atoms with Crippen molar-refractivity contribution in [2.24, 2.45) is 0 Å². The first-order valence-corrected chi connectivity index (χ1v) is 3.49. The molecule has 2 N–H and O–H groups in total. The fourth-order valence-corrected chi connectivity index (χ4v) is 0.670. The third-order valence-corrected chi connectivity index (χ3v) is 1.14. The average Bonchev–Trinajstić information content (AvgIpc) is 2.04. The molecular weight excluding hydrogens is 190 g/mol. The molecule has 0 amide bonds. The number of ether oxygens (including phenoxy) is 1. The third-order valence-electron chi connectivity index (χ3n) is 1.14. The normalized spacial score (nSPS) is 7.23. The Morgan fingerprint density at radius 1 is 1.46 bits per heavy atom. The van der Waals surface area contributed by atoms with E-state index in [1.807, 2.05) is 31.2 Å². The highest BCUT2D eigenvalue weighted by atomic mass is 35.5. The highest BCUT2D eigenvalue weighted by molar-refractivity contribution is 5.85. The molecule has 0 aromatic heterocycles. The van der Waals surface area contributed by atoms with Gasteiger partial charge in [0.25, 0.3) is 6.47 Å². The highest BCUT2D eigenvalue weighted by Crippen LogP contribution is 2.03. The Bertz CT molecular complexity index is 224. The van der Waals surface area contributed by atoms with E-state index in [9.17, 15) is 0 Å². The van der Waals surface area contributed by atoms with Crippen molar-refractivity contribution >= 4 is 24.6 Å². The van der Waals surface area contributed by atoms with E-state index in [0.29, 0.717) is 6.47 Å². The maximum atomic E-state index is 8.95.